The lowest BCUT2D eigenvalue weighted by molar-refractivity contribution is 0.00637. The lowest BCUT2D eigenvalue weighted by atomic mass is 9.87. The zero-order chi connectivity index (χ0) is 24.4. The summed E-state index contributed by atoms with van der Waals surface area (Å²) in [6, 6.07) is 0.104. The smallest absolute Gasteiger partial charge is 0.410 e. The molecule has 0 unspecified atom stereocenters. The average Bonchev–Trinajstić information content (AvgIpc) is 3.07. The molecule has 0 aromatic carbocycles. The number of halogens is 2. The van der Waals surface area contributed by atoms with Gasteiger partial charge in [-0.1, -0.05) is 37.2 Å². The van der Waals surface area contributed by atoms with Gasteiger partial charge < -0.3 is 9.64 Å². The number of rotatable bonds is 2. The van der Waals surface area contributed by atoms with Gasteiger partial charge >= 0.3 is 6.09 Å². The van der Waals surface area contributed by atoms with Gasteiger partial charge in [-0.25, -0.2) is 24.1 Å². The van der Waals surface area contributed by atoms with Crippen LogP contribution in [0, 0.1) is 11.7 Å². The topological polar surface area (TPSA) is 71.5 Å². The molecule has 2 aromatic heterocycles. The Morgan fingerprint density at radius 2 is 2.00 bits per heavy atom. The first-order chi connectivity index (χ1) is 16.1. The number of nitrogens with zero attached hydrogens (tertiary/aromatic N) is 5. The zero-order valence-corrected chi connectivity index (χ0v) is 21.8. The summed E-state index contributed by atoms with van der Waals surface area (Å²) in [5, 5.41) is 1.05. The maximum absolute atomic E-state index is 15.2. The van der Waals surface area contributed by atoms with Crippen LogP contribution in [-0.2, 0) is 11.2 Å². The fourth-order valence-electron chi connectivity index (χ4n) is 5.72. The van der Waals surface area contributed by atoms with Gasteiger partial charge in [0.25, 0.3) is 0 Å². The van der Waals surface area contributed by atoms with E-state index < -0.39 is 11.4 Å². The summed E-state index contributed by atoms with van der Waals surface area (Å²) in [5.41, 5.74) is 0.442. The predicted octanol–water partition coefficient (Wildman–Crippen LogP) is 5.47. The van der Waals surface area contributed by atoms with E-state index in [1.165, 1.54) is 11.8 Å². The van der Waals surface area contributed by atoms with E-state index in [0.29, 0.717) is 23.5 Å². The van der Waals surface area contributed by atoms with Crippen LogP contribution in [0.25, 0.3) is 10.9 Å². The number of fused-ring (bicyclic) bond motifs is 5. The van der Waals surface area contributed by atoms with Gasteiger partial charge in [-0.3, -0.25) is 4.90 Å². The number of piperazine rings is 1. The first kappa shape index (κ1) is 23.9. The van der Waals surface area contributed by atoms with Crippen LogP contribution in [0.15, 0.2) is 5.16 Å². The highest BCUT2D eigenvalue weighted by atomic mass is 35.5. The Morgan fingerprint density at radius 1 is 1.24 bits per heavy atom. The van der Waals surface area contributed by atoms with Crippen LogP contribution in [0.4, 0.5) is 15.0 Å². The van der Waals surface area contributed by atoms with Gasteiger partial charge in [0.15, 0.2) is 16.1 Å². The Bertz CT molecular complexity index is 1140. The van der Waals surface area contributed by atoms with Crippen molar-refractivity contribution in [1.82, 2.24) is 19.9 Å². The molecule has 0 aliphatic carbocycles. The van der Waals surface area contributed by atoms with E-state index in [1.54, 1.807) is 0 Å². The third-order valence-electron chi connectivity index (χ3n) is 6.91. The highest BCUT2D eigenvalue weighted by Crippen LogP contribution is 2.44. The van der Waals surface area contributed by atoms with Crippen molar-refractivity contribution in [2.75, 3.05) is 17.2 Å². The number of pyridine rings is 1. The van der Waals surface area contributed by atoms with Crippen molar-refractivity contribution in [3.8, 4) is 0 Å². The van der Waals surface area contributed by atoms with Crippen LogP contribution in [0.2, 0.25) is 5.15 Å². The number of hydrogen-bond acceptors (Lipinski definition) is 7. The van der Waals surface area contributed by atoms with Gasteiger partial charge in [0.05, 0.1) is 29.2 Å². The van der Waals surface area contributed by atoms with E-state index in [0.717, 1.165) is 36.5 Å². The van der Waals surface area contributed by atoms with Crippen LogP contribution in [0.3, 0.4) is 0 Å². The van der Waals surface area contributed by atoms with Crippen LogP contribution in [0.1, 0.15) is 59.6 Å². The molecule has 5 rings (SSSR count). The minimum Gasteiger partial charge on any atom is -0.444 e. The number of carbonyl (C=O) groups is 1. The number of carbonyl (C=O) groups excluding carboxylic acids is 1. The molecule has 1 amide bonds. The van der Waals surface area contributed by atoms with Crippen molar-refractivity contribution >= 4 is 46.2 Å². The summed E-state index contributed by atoms with van der Waals surface area (Å²) in [6.07, 6.45) is 3.11. The molecule has 184 valence electrons. The highest BCUT2D eigenvalue weighted by Gasteiger charge is 2.51. The van der Waals surface area contributed by atoms with Crippen LogP contribution >= 0.6 is 23.4 Å². The summed E-state index contributed by atoms with van der Waals surface area (Å²) in [6.45, 7) is 10.5. The predicted molar refractivity (Wildman–Crippen MR) is 132 cm³/mol. The number of hydrogen-bond donors (Lipinski definition) is 0. The van der Waals surface area contributed by atoms with Crippen LogP contribution < -0.4 is 4.90 Å². The third kappa shape index (κ3) is 4.08. The summed E-state index contributed by atoms with van der Waals surface area (Å²) in [5.74, 6) is 1.16. The summed E-state index contributed by atoms with van der Waals surface area (Å²) < 4.78 is 21.0. The van der Waals surface area contributed by atoms with Gasteiger partial charge in [-0.2, -0.15) is 0 Å². The van der Waals surface area contributed by atoms with E-state index in [1.807, 2.05) is 32.6 Å². The first-order valence-electron chi connectivity index (χ1n) is 12.0. The van der Waals surface area contributed by atoms with E-state index in [4.69, 9.17) is 21.3 Å². The quantitative estimate of drug-likeness (QED) is 0.303. The molecule has 0 radical (unpaired) electrons. The molecule has 2 bridgehead atoms. The Morgan fingerprint density at radius 3 is 2.71 bits per heavy atom. The molecule has 10 heteroatoms. The molecular weight excluding hydrogens is 477 g/mol. The molecule has 2 fully saturated rings. The fraction of sp³-hybridized carbons (Fsp3) is 0.667. The van der Waals surface area contributed by atoms with Gasteiger partial charge in [-0.15, -0.1) is 0 Å². The molecule has 3 aliphatic heterocycles. The van der Waals surface area contributed by atoms with Gasteiger partial charge in [0.2, 0.25) is 0 Å². The maximum Gasteiger partial charge on any atom is 0.410 e. The van der Waals surface area contributed by atoms with Gasteiger partial charge in [0, 0.05) is 6.54 Å². The minimum absolute atomic E-state index is 0.0201. The molecule has 3 aliphatic rings. The highest BCUT2D eigenvalue weighted by molar-refractivity contribution is 7.99. The Kier molecular flexibility index (Phi) is 6.07. The standard InChI is InChI=1S/C24H31ClFN5O2S/c1-6-34-22-28-19-17-14(27-20(25)18(19)26)9-12(2)10-16-15-8-7-13(11-30(16)21(17)29-22)31(15)23(32)33-24(3,4)5/h12-13,15-16H,6-11H2,1-5H3/t12-,13-,15+,16-/m1/s1. The Labute approximate surface area is 208 Å². The summed E-state index contributed by atoms with van der Waals surface area (Å²) in [4.78, 5) is 31.3. The number of amides is 1. The molecule has 0 spiro atoms. The lowest BCUT2D eigenvalue weighted by Crippen LogP contribution is -2.62. The molecule has 2 aromatic rings. The second kappa shape index (κ2) is 8.66. The molecule has 0 saturated carbocycles. The van der Waals surface area contributed by atoms with E-state index in [-0.39, 0.29) is 40.8 Å². The molecule has 2 saturated heterocycles. The Balaban J connectivity index is 1.65. The van der Waals surface area contributed by atoms with Crippen molar-refractivity contribution in [2.45, 2.75) is 89.2 Å². The van der Waals surface area contributed by atoms with Crippen molar-refractivity contribution in [1.29, 1.82) is 0 Å². The molecule has 7 nitrogen and oxygen atoms in total. The van der Waals surface area contributed by atoms with E-state index in [9.17, 15) is 4.79 Å². The second-order valence-electron chi connectivity index (χ2n) is 10.6. The second-order valence-corrected chi connectivity index (χ2v) is 12.2. The first-order valence-corrected chi connectivity index (χ1v) is 13.4. The van der Waals surface area contributed by atoms with E-state index in [2.05, 4.69) is 21.8 Å². The number of thioether (sulfide) groups is 1. The summed E-state index contributed by atoms with van der Waals surface area (Å²) in [7, 11) is 0. The lowest BCUT2D eigenvalue weighted by Gasteiger charge is -2.49. The summed E-state index contributed by atoms with van der Waals surface area (Å²) >= 11 is 7.68. The number of anilines is 1. The Hall–Kier alpha value is -1.87. The maximum atomic E-state index is 15.2. The van der Waals surface area contributed by atoms with Crippen molar-refractivity contribution in [3.63, 3.8) is 0 Å². The van der Waals surface area contributed by atoms with Crippen LogP contribution in [0.5, 0.6) is 0 Å². The zero-order valence-electron chi connectivity index (χ0n) is 20.3. The monoisotopic (exact) mass is 507 g/mol. The van der Waals surface area contributed by atoms with E-state index >= 15 is 4.39 Å². The number of aromatic nitrogens is 3. The molecule has 4 atom stereocenters. The minimum atomic E-state index is -0.595. The fourth-order valence-corrected chi connectivity index (χ4v) is 6.47. The van der Waals surface area contributed by atoms with Gasteiger partial charge in [0.1, 0.15) is 16.9 Å². The average molecular weight is 508 g/mol. The van der Waals surface area contributed by atoms with Crippen LogP contribution in [-0.4, -0.2) is 62.0 Å². The number of ether oxygens (including phenoxy) is 1. The molecule has 34 heavy (non-hydrogen) atoms. The third-order valence-corrected chi connectivity index (χ3v) is 7.89. The van der Waals surface area contributed by atoms with Crippen molar-refractivity contribution < 1.29 is 13.9 Å². The SMILES string of the molecule is CCSc1nc2c3c(nc(Cl)c(F)c3n1)C[C@@H](C)C[C@@H]1[C@@H]3CC[C@H](CN21)N3C(=O)OC(C)(C)C. The van der Waals surface area contributed by atoms with Crippen molar-refractivity contribution in [3.05, 3.63) is 16.7 Å². The van der Waals surface area contributed by atoms with Crippen molar-refractivity contribution in [2.24, 2.45) is 5.92 Å². The normalized spacial score (nSPS) is 26.3. The molecule has 5 heterocycles. The molecular formula is C24H31ClFN5O2S. The largest absolute Gasteiger partial charge is 0.444 e. The molecule has 0 N–H and O–H groups in total. The van der Waals surface area contributed by atoms with Gasteiger partial charge in [-0.05, 0) is 58.1 Å².